The van der Waals surface area contributed by atoms with E-state index in [1.54, 1.807) is 6.08 Å². The van der Waals surface area contributed by atoms with Crippen molar-refractivity contribution in [2.45, 2.75) is 51.7 Å². The Balaban J connectivity index is 2.03. The summed E-state index contributed by atoms with van der Waals surface area (Å²) in [6, 6.07) is 0. The minimum absolute atomic E-state index is 0.0560. The second-order valence-corrected chi connectivity index (χ2v) is 6.73. The van der Waals surface area contributed by atoms with Crippen LogP contribution in [0.2, 0.25) is 0 Å². The van der Waals surface area contributed by atoms with E-state index >= 15 is 0 Å². The lowest BCUT2D eigenvalue weighted by atomic mass is 9.53. The van der Waals surface area contributed by atoms with Crippen LogP contribution in [0.5, 0.6) is 0 Å². The highest BCUT2D eigenvalue weighted by molar-refractivity contribution is 5.92. The van der Waals surface area contributed by atoms with Crippen LogP contribution in [0.1, 0.15) is 40.0 Å². The largest absolute Gasteiger partial charge is 0.462 e. The maximum atomic E-state index is 11.8. The van der Waals surface area contributed by atoms with Gasteiger partial charge < -0.3 is 9.84 Å². The number of esters is 1. The smallest absolute Gasteiger partial charge is 0.309 e. The first-order valence-electron chi connectivity index (χ1n) is 6.91. The van der Waals surface area contributed by atoms with E-state index < -0.39 is 11.0 Å². The summed E-state index contributed by atoms with van der Waals surface area (Å²) in [6.45, 7) is 5.62. The van der Waals surface area contributed by atoms with E-state index in [2.05, 4.69) is 0 Å². The molecule has 2 aliphatic carbocycles. The Kier molecular flexibility index (Phi) is 2.50. The molecular formula is C15H20O4. The Morgan fingerprint density at radius 1 is 1.37 bits per heavy atom. The molecule has 1 saturated heterocycles. The lowest BCUT2D eigenvalue weighted by Crippen LogP contribution is -2.58. The number of aliphatic hydroxyl groups is 1. The SMILES string of the molecule is CC1=CC(=O)CC2(C)CC3OC(=O)C(C)C3CC12O. The highest BCUT2D eigenvalue weighted by atomic mass is 16.6. The van der Waals surface area contributed by atoms with E-state index in [9.17, 15) is 14.7 Å². The van der Waals surface area contributed by atoms with Gasteiger partial charge in [-0.05, 0) is 31.4 Å². The summed E-state index contributed by atoms with van der Waals surface area (Å²) in [5.74, 6) is -0.222. The number of rotatable bonds is 0. The lowest BCUT2D eigenvalue weighted by Gasteiger charge is -2.54. The third-order valence-electron chi connectivity index (χ3n) is 5.53. The molecule has 0 amide bonds. The molecule has 0 radical (unpaired) electrons. The zero-order valence-corrected chi connectivity index (χ0v) is 11.6. The maximum absolute atomic E-state index is 11.8. The van der Waals surface area contributed by atoms with Crippen LogP contribution >= 0.6 is 0 Å². The van der Waals surface area contributed by atoms with Crippen molar-refractivity contribution in [3.05, 3.63) is 11.6 Å². The van der Waals surface area contributed by atoms with E-state index in [0.29, 0.717) is 19.3 Å². The minimum Gasteiger partial charge on any atom is -0.462 e. The number of ether oxygens (including phenoxy) is 1. The highest BCUT2D eigenvalue weighted by Gasteiger charge is 2.61. The van der Waals surface area contributed by atoms with E-state index in [0.717, 1.165) is 5.57 Å². The Bertz CT molecular complexity index is 494. The van der Waals surface area contributed by atoms with Crippen LogP contribution in [0.4, 0.5) is 0 Å². The normalized spacial score (nSPS) is 49.3. The molecule has 1 N–H and O–H groups in total. The molecule has 0 aromatic heterocycles. The fourth-order valence-electron chi connectivity index (χ4n) is 4.19. The number of carbonyl (C=O) groups excluding carboxylic acids is 2. The van der Waals surface area contributed by atoms with Gasteiger partial charge in [0.05, 0.1) is 11.5 Å². The summed E-state index contributed by atoms with van der Waals surface area (Å²) in [5, 5.41) is 11.1. The van der Waals surface area contributed by atoms with Gasteiger partial charge in [-0.3, -0.25) is 9.59 Å². The molecule has 104 valence electrons. The maximum Gasteiger partial charge on any atom is 0.309 e. The third-order valence-corrected chi connectivity index (χ3v) is 5.53. The Labute approximate surface area is 112 Å². The molecule has 0 bridgehead atoms. The molecule has 3 aliphatic rings. The average molecular weight is 264 g/mol. The molecule has 5 unspecified atom stereocenters. The zero-order chi connectivity index (χ0) is 14.0. The molecule has 0 aromatic rings. The zero-order valence-electron chi connectivity index (χ0n) is 11.6. The molecule has 4 nitrogen and oxygen atoms in total. The second kappa shape index (κ2) is 3.69. The van der Waals surface area contributed by atoms with Crippen LogP contribution < -0.4 is 0 Å². The molecule has 19 heavy (non-hydrogen) atoms. The molecule has 0 aromatic carbocycles. The van der Waals surface area contributed by atoms with Crippen molar-refractivity contribution in [2.75, 3.05) is 0 Å². The van der Waals surface area contributed by atoms with Crippen LogP contribution in [-0.2, 0) is 14.3 Å². The molecule has 1 heterocycles. The van der Waals surface area contributed by atoms with E-state index in [-0.39, 0.29) is 29.7 Å². The quantitative estimate of drug-likeness (QED) is 0.675. The highest BCUT2D eigenvalue weighted by Crippen LogP contribution is 2.57. The van der Waals surface area contributed by atoms with Crippen molar-refractivity contribution in [1.82, 2.24) is 0 Å². The van der Waals surface area contributed by atoms with E-state index in [4.69, 9.17) is 4.74 Å². The predicted octanol–water partition coefficient (Wildman–Crippen LogP) is 1.61. The Morgan fingerprint density at radius 3 is 2.74 bits per heavy atom. The van der Waals surface area contributed by atoms with Gasteiger partial charge in [0.15, 0.2) is 5.78 Å². The predicted molar refractivity (Wildman–Crippen MR) is 68.2 cm³/mol. The van der Waals surface area contributed by atoms with Gasteiger partial charge in [-0.15, -0.1) is 0 Å². The summed E-state index contributed by atoms with van der Waals surface area (Å²) >= 11 is 0. The first-order valence-corrected chi connectivity index (χ1v) is 6.91. The van der Waals surface area contributed by atoms with Crippen LogP contribution in [0.25, 0.3) is 0 Å². The van der Waals surface area contributed by atoms with Crippen molar-refractivity contribution in [3.63, 3.8) is 0 Å². The van der Waals surface area contributed by atoms with Gasteiger partial charge in [-0.2, -0.15) is 0 Å². The lowest BCUT2D eigenvalue weighted by molar-refractivity contribution is -0.156. The fraction of sp³-hybridized carbons (Fsp3) is 0.733. The number of carbonyl (C=O) groups is 2. The Hall–Kier alpha value is -1.16. The van der Waals surface area contributed by atoms with Crippen molar-refractivity contribution in [1.29, 1.82) is 0 Å². The average Bonchev–Trinajstić information content (AvgIpc) is 2.54. The molecule has 1 saturated carbocycles. The molecular weight excluding hydrogens is 244 g/mol. The number of allylic oxidation sites excluding steroid dienone is 1. The van der Waals surface area contributed by atoms with E-state index in [1.807, 2.05) is 20.8 Å². The Morgan fingerprint density at radius 2 is 2.05 bits per heavy atom. The van der Waals surface area contributed by atoms with Crippen LogP contribution in [0.15, 0.2) is 11.6 Å². The number of hydrogen-bond acceptors (Lipinski definition) is 4. The molecule has 4 heteroatoms. The van der Waals surface area contributed by atoms with Gasteiger partial charge in [-0.1, -0.05) is 13.8 Å². The summed E-state index contributed by atoms with van der Waals surface area (Å²) < 4.78 is 5.43. The van der Waals surface area contributed by atoms with Gasteiger partial charge in [-0.25, -0.2) is 0 Å². The molecule has 5 atom stereocenters. The monoisotopic (exact) mass is 264 g/mol. The first-order chi connectivity index (χ1) is 8.77. The van der Waals surface area contributed by atoms with Crippen LogP contribution in [-0.4, -0.2) is 28.6 Å². The van der Waals surface area contributed by atoms with Crippen LogP contribution in [0.3, 0.4) is 0 Å². The van der Waals surface area contributed by atoms with Crippen molar-refractivity contribution in [3.8, 4) is 0 Å². The molecule has 1 aliphatic heterocycles. The number of fused-ring (bicyclic) bond motifs is 2. The second-order valence-electron chi connectivity index (χ2n) is 6.73. The van der Waals surface area contributed by atoms with Gasteiger partial charge in [0, 0.05) is 17.8 Å². The van der Waals surface area contributed by atoms with Gasteiger partial charge in [0.25, 0.3) is 0 Å². The molecule has 2 fully saturated rings. The van der Waals surface area contributed by atoms with E-state index in [1.165, 1.54) is 0 Å². The van der Waals surface area contributed by atoms with Crippen molar-refractivity contribution >= 4 is 11.8 Å². The van der Waals surface area contributed by atoms with Gasteiger partial charge in [0.1, 0.15) is 6.10 Å². The number of ketones is 1. The number of hydrogen-bond donors (Lipinski definition) is 1. The summed E-state index contributed by atoms with van der Waals surface area (Å²) in [5.41, 5.74) is -0.769. The standard InChI is InChI=1S/C15H20O4/c1-8-4-10(16)5-14(3)7-12-11(6-15(8,14)18)9(2)13(17)19-12/h4,9,11-12,18H,5-7H2,1-3H3. The minimum atomic E-state index is -0.982. The molecule has 3 rings (SSSR count). The van der Waals surface area contributed by atoms with Gasteiger partial charge in [0.2, 0.25) is 0 Å². The summed E-state index contributed by atoms with van der Waals surface area (Å²) in [7, 11) is 0. The summed E-state index contributed by atoms with van der Waals surface area (Å²) in [4.78, 5) is 23.5. The van der Waals surface area contributed by atoms with Crippen molar-refractivity contribution < 1.29 is 19.4 Å². The molecule has 0 spiro atoms. The van der Waals surface area contributed by atoms with Crippen molar-refractivity contribution in [2.24, 2.45) is 17.3 Å². The third kappa shape index (κ3) is 1.55. The van der Waals surface area contributed by atoms with Gasteiger partial charge >= 0.3 is 5.97 Å². The topological polar surface area (TPSA) is 63.6 Å². The van der Waals surface area contributed by atoms with Crippen LogP contribution in [0, 0.1) is 17.3 Å². The first kappa shape index (κ1) is 12.9. The fourth-order valence-corrected chi connectivity index (χ4v) is 4.19. The summed E-state index contributed by atoms with van der Waals surface area (Å²) in [6.07, 6.45) is 2.82.